The summed E-state index contributed by atoms with van der Waals surface area (Å²) in [6.45, 7) is 0.350. The van der Waals surface area contributed by atoms with Gasteiger partial charge in [-0.25, -0.2) is 14.4 Å². The van der Waals surface area contributed by atoms with Gasteiger partial charge in [0, 0.05) is 38.0 Å². The monoisotopic (exact) mass is 364 g/mol. The van der Waals surface area contributed by atoms with Crippen molar-refractivity contribution in [1.29, 1.82) is 0 Å². The molecule has 3 aromatic heterocycles. The van der Waals surface area contributed by atoms with E-state index in [0.717, 1.165) is 22.5 Å². The van der Waals surface area contributed by atoms with Crippen LogP contribution in [0.3, 0.4) is 0 Å². The largest absolute Gasteiger partial charge is 0.337 e. The third-order valence-electron chi connectivity index (χ3n) is 4.40. The quantitative estimate of drug-likeness (QED) is 0.604. The number of imidazole rings is 1. The van der Waals surface area contributed by atoms with E-state index in [1.165, 1.54) is 12.1 Å². The minimum Gasteiger partial charge on any atom is -0.337 e. The first kappa shape index (κ1) is 16.9. The molecule has 0 atom stereocenters. The third kappa shape index (κ3) is 3.17. The van der Waals surface area contributed by atoms with Crippen LogP contribution >= 0.6 is 0 Å². The number of nitrogens with one attached hydrogen (secondary N) is 1. The highest BCUT2D eigenvalue weighted by atomic mass is 19.1. The molecule has 0 spiro atoms. The third-order valence-corrected chi connectivity index (χ3v) is 4.40. The lowest BCUT2D eigenvalue weighted by molar-refractivity contribution is 0.0785. The zero-order valence-electron chi connectivity index (χ0n) is 14.8. The molecule has 7 nitrogen and oxygen atoms in total. The Morgan fingerprint density at radius 2 is 2.00 bits per heavy atom. The molecule has 27 heavy (non-hydrogen) atoms. The number of pyridine rings is 1. The summed E-state index contributed by atoms with van der Waals surface area (Å²) in [5.41, 5.74) is 4.27. The van der Waals surface area contributed by atoms with Crippen molar-refractivity contribution in [3.8, 4) is 11.3 Å². The van der Waals surface area contributed by atoms with Gasteiger partial charge in [0.15, 0.2) is 5.65 Å². The molecule has 4 rings (SSSR count). The molecule has 0 bridgehead atoms. The molecule has 0 fully saturated rings. The van der Waals surface area contributed by atoms with Crippen molar-refractivity contribution in [2.75, 3.05) is 7.05 Å². The van der Waals surface area contributed by atoms with E-state index in [0.29, 0.717) is 17.6 Å². The highest BCUT2D eigenvalue weighted by Gasteiger charge is 2.17. The Labute approximate surface area is 154 Å². The molecule has 0 aliphatic heterocycles. The van der Waals surface area contributed by atoms with Gasteiger partial charge in [-0.3, -0.25) is 9.89 Å². The number of hydrogen-bond donors (Lipinski definition) is 1. The molecule has 1 N–H and O–H groups in total. The molecule has 0 aliphatic rings. The second-order valence-electron chi connectivity index (χ2n) is 6.36. The normalized spacial score (nSPS) is 11.1. The lowest BCUT2D eigenvalue weighted by atomic mass is 10.1. The molecular weight excluding hydrogens is 347 g/mol. The first-order chi connectivity index (χ1) is 13.0. The number of H-pyrrole nitrogens is 1. The maximum absolute atomic E-state index is 13.2. The Kier molecular flexibility index (Phi) is 4.15. The summed E-state index contributed by atoms with van der Waals surface area (Å²) in [4.78, 5) is 22.9. The van der Waals surface area contributed by atoms with Gasteiger partial charge in [0.05, 0.1) is 23.8 Å². The summed E-state index contributed by atoms with van der Waals surface area (Å²) in [7, 11) is 3.57. The first-order valence-electron chi connectivity index (χ1n) is 8.33. The average Bonchev–Trinajstić information content (AvgIpc) is 3.28. The van der Waals surface area contributed by atoms with Gasteiger partial charge < -0.3 is 9.47 Å². The zero-order valence-corrected chi connectivity index (χ0v) is 14.8. The number of aryl methyl sites for hydroxylation is 1. The van der Waals surface area contributed by atoms with Crippen LogP contribution in [0.1, 0.15) is 15.9 Å². The molecular formula is C19H17FN6O. The fraction of sp³-hybridized carbons (Fsp3) is 0.158. The maximum Gasteiger partial charge on any atom is 0.255 e. The average molecular weight is 364 g/mol. The molecule has 0 aliphatic carbocycles. The second kappa shape index (κ2) is 6.64. The highest BCUT2D eigenvalue weighted by Crippen LogP contribution is 2.23. The van der Waals surface area contributed by atoms with E-state index in [4.69, 9.17) is 0 Å². The number of halogens is 1. The standard InChI is InChI=1S/C19H17FN6O/c1-25(19(27)13-7-16-18(21-8-13)26(2)11-22-16)10-14-9-23-24-17(14)12-3-5-15(20)6-4-12/h3-9,11H,10H2,1-2H3,(H,23,24). The topological polar surface area (TPSA) is 79.7 Å². The van der Waals surface area contributed by atoms with Crippen molar-refractivity contribution in [3.05, 3.63) is 66.0 Å². The van der Waals surface area contributed by atoms with Crippen molar-refractivity contribution < 1.29 is 9.18 Å². The van der Waals surface area contributed by atoms with Crippen LogP contribution in [0, 0.1) is 5.82 Å². The predicted molar refractivity (Wildman–Crippen MR) is 98.3 cm³/mol. The maximum atomic E-state index is 13.2. The smallest absolute Gasteiger partial charge is 0.255 e. The summed E-state index contributed by atoms with van der Waals surface area (Å²) < 4.78 is 15.0. The van der Waals surface area contributed by atoms with Crippen molar-refractivity contribution in [2.24, 2.45) is 7.05 Å². The number of carbonyl (C=O) groups excluding carboxylic acids is 1. The fourth-order valence-electron chi connectivity index (χ4n) is 2.98. The number of nitrogens with zero attached hydrogens (tertiary/aromatic N) is 5. The van der Waals surface area contributed by atoms with E-state index < -0.39 is 0 Å². The SMILES string of the molecule is CN(Cc1cn[nH]c1-c1ccc(F)cc1)C(=O)c1cnc2c(c1)ncn2C. The molecule has 1 aromatic carbocycles. The Morgan fingerprint density at radius 1 is 1.22 bits per heavy atom. The summed E-state index contributed by atoms with van der Waals surface area (Å²) in [5.74, 6) is -0.467. The number of fused-ring (bicyclic) bond motifs is 1. The molecule has 4 aromatic rings. The minimum atomic E-state index is -0.301. The Hall–Kier alpha value is -3.55. The Morgan fingerprint density at radius 3 is 2.78 bits per heavy atom. The van der Waals surface area contributed by atoms with Gasteiger partial charge in [-0.15, -0.1) is 0 Å². The number of hydrogen-bond acceptors (Lipinski definition) is 4. The van der Waals surface area contributed by atoms with Crippen molar-refractivity contribution >= 4 is 17.1 Å². The van der Waals surface area contributed by atoms with Gasteiger partial charge >= 0.3 is 0 Å². The summed E-state index contributed by atoms with van der Waals surface area (Å²) >= 11 is 0. The Bertz CT molecular complexity index is 1110. The summed E-state index contributed by atoms with van der Waals surface area (Å²) in [6.07, 6.45) is 4.89. The molecule has 0 unspecified atom stereocenters. The summed E-state index contributed by atoms with van der Waals surface area (Å²) in [6, 6.07) is 7.86. The Balaban J connectivity index is 1.56. The van der Waals surface area contributed by atoms with Gasteiger partial charge in [-0.05, 0) is 30.3 Å². The number of aromatic nitrogens is 5. The van der Waals surface area contributed by atoms with E-state index in [2.05, 4.69) is 20.2 Å². The van der Waals surface area contributed by atoms with Crippen molar-refractivity contribution in [1.82, 2.24) is 29.6 Å². The van der Waals surface area contributed by atoms with Crippen molar-refractivity contribution in [3.63, 3.8) is 0 Å². The number of aromatic amines is 1. The number of carbonyl (C=O) groups is 1. The predicted octanol–water partition coefficient (Wildman–Crippen LogP) is 2.77. The van der Waals surface area contributed by atoms with Crippen molar-refractivity contribution in [2.45, 2.75) is 6.54 Å². The molecule has 8 heteroatoms. The molecule has 1 amide bonds. The first-order valence-corrected chi connectivity index (χ1v) is 8.33. The van der Waals surface area contributed by atoms with E-state index in [1.54, 1.807) is 53.4 Å². The van der Waals surface area contributed by atoms with Gasteiger partial charge in [0.25, 0.3) is 5.91 Å². The number of amides is 1. The van der Waals surface area contributed by atoms with Gasteiger partial charge in [0.2, 0.25) is 0 Å². The van der Waals surface area contributed by atoms with E-state index in [9.17, 15) is 9.18 Å². The number of benzene rings is 1. The molecule has 0 saturated carbocycles. The zero-order chi connectivity index (χ0) is 19.0. The fourth-order valence-corrected chi connectivity index (χ4v) is 2.98. The van der Waals surface area contributed by atoms with Crippen LogP contribution in [-0.4, -0.2) is 42.6 Å². The summed E-state index contributed by atoms with van der Waals surface area (Å²) in [5, 5.41) is 6.98. The van der Waals surface area contributed by atoms with E-state index in [-0.39, 0.29) is 11.7 Å². The van der Waals surface area contributed by atoms with Crippen LogP contribution < -0.4 is 0 Å². The van der Waals surface area contributed by atoms with Gasteiger partial charge in [0.1, 0.15) is 11.3 Å². The molecule has 3 heterocycles. The van der Waals surface area contributed by atoms with Gasteiger partial charge in [-0.1, -0.05) is 0 Å². The lowest BCUT2D eigenvalue weighted by Gasteiger charge is -2.17. The highest BCUT2D eigenvalue weighted by molar-refractivity contribution is 5.96. The van der Waals surface area contributed by atoms with Crippen LogP contribution in [0.5, 0.6) is 0 Å². The van der Waals surface area contributed by atoms with Gasteiger partial charge in [-0.2, -0.15) is 5.10 Å². The molecule has 0 radical (unpaired) electrons. The molecule has 136 valence electrons. The lowest BCUT2D eigenvalue weighted by Crippen LogP contribution is -2.26. The second-order valence-corrected chi connectivity index (χ2v) is 6.36. The van der Waals surface area contributed by atoms with Crippen LogP contribution in [0.25, 0.3) is 22.4 Å². The van der Waals surface area contributed by atoms with E-state index in [1.807, 2.05) is 7.05 Å². The van der Waals surface area contributed by atoms with E-state index >= 15 is 0 Å². The van der Waals surface area contributed by atoms with Crippen LogP contribution in [0.4, 0.5) is 4.39 Å². The van der Waals surface area contributed by atoms with Crippen LogP contribution in [0.2, 0.25) is 0 Å². The minimum absolute atomic E-state index is 0.165. The number of rotatable bonds is 4. The van der Waals surface area contributed by atoms with Crippen LogP contribution in [0.15, 0.2) is 49.1 Å². The van der Waals surface area contributed by atoms with Crippen LogP contribution in [-0.2, 0) is 13.6 Å². The molecule has 0 saturated heterocycles.